The molecule has 0 amide bonds. The van der Waals surface area contributed by atoms with Crippen molar-refractivity contribution in [3.05, 3.63) is 65.2 Å². The van der Waals surface area contributed by atoms with Crippen molar-refractivity contribution in [3.63, 3.8) is 0 Å². The quantitative estimate of drug-likeness (QED) is 0.823. The fourth-order valence-electron chi connectivity index (χ4n) is 1.20. The van der Waals surface area contributed by atoms with Gasteiger partial charge in [-0.25, -0.2) is 0 Å². The molecule has 0 unspecified atom stereocenters. The number of carbonyl (C=O) groups is 2. The molecule has 0 bridgehead atoms. The summed E-state index contributed by atoms with van der Waals surface area (Å²) in [5.74, 6) is 0.181. The number of rotatable bonds is 2. The second-order valence-electron chi connectivity index (χ2n) is 3.74. The van der Waals surface area contributed by atoms with Crippen molar-refractivity contribution in [1.82, 2.24) is 0 Å². The highest BCUT2D eigenvalue weighted by Crippen LogP contribution is 2.07. The van der Waals surface area contributed by atoms with Gasteiger partial charge in [0.2, 0.25) is 0 Å². The molecule has 0 radical (unpaired) electrons. The number of aldehydes is 2. The van der Waals surface area contributed by atoms with E-state index in [2.05, 4.69) is 0 Å². The van der Waals surface area contributed by atoms with Gasteiger partial charge in [0, 0.05) is 11.1 Å². The summed E-state index contributed by atoms with van der Waals surface area (Å²) in [4.78, 5) is 20.2. The first-order chi connectivity index (χ1) is 8.65. The third-order valence-electron chi connectivity index (χ3n) is 2.24. The summed E-state index contributed by atoms with van der Waals surface area (Å²) < 4.78 is 0. The van der Waals surface area contributed by atoms with Crippen molar-refractivity contribution in [3.8, 4) is 5.75 Å². The average molecular weight is 242 g/mol. The van der Waals surface area contributed by atoms with Crippen molar-refractivity contribution in [2.75, 3.05) is 0 Å². The lowest BCUT2D eigenvalue weighted by molar-refractivity contribution is 0.111. The van der Waals surface area contributed by atoms with E-state index < -0.39 is 0 Å². The van der Waals surface area contributed by atoms with Crippen LogP contribution in [-0.2, 0) is 0 Å². The zero-order valence-electron chi connectivity index (χ0n) is 10.0. The molecule has 92 valence electrons. The van der Waals surface area contributed by atoms with E-state index in [9.17, 15) is 9.59 Å². The van der Waals surface area contributed by atoms with Crippen LogP contribution in [0.4, 0.5) is 0 Å². The highest BCUT2D eigenvalue weighted by molar-refractivity contribution is 5.75. The predicted molar refractivity (Wildman–Crippen MR) is 70.1 cm³/mol. The number of phenols is 1. The van der Waals surface area contributed by atoms with Gasteiger partial charge in [-0.3, -0.25) is 9.59 Å². The topological polar surface area (TPSA) is 54.4 Å². The Morgan fingerprint density at radius 2 is 1.17 bits per heavy atom. The highest BCUT2D eigenvalue weighted by Gasteiger charge is 1.87. The van der Waals surface area contributed by atoms with E-state index in [0.717, 1.165) is 18.1 Å². The standard InChI is InChI=1S/C8H8O.C7H6O2/c1-7-2-4-8(6-9)5-3-7;8-5-6-1-3-7(9)4-2-6/h2-6H,1H3;1-5,9H. The Morgan fingerprint density at radius 1 is 0.778 bits per heavy atom. The fourth-order valence-corrected chi connectivity index (χ4v) is 1.20. The molecule has 2 rings (SSSR count). The third kappa shape index (κ3) is 4.61. The Bertz CT molecular complexity index is 449. The summed E-state index contributed by atoms with van der Waals surface area (Å²) in [6.07, 6.45) is 1.58. The van der Waals surface area contributed by atoms with E-state index in [4.69, 9.17) is 5.11 Å². The van der Waals surface area contributed by atoms with Crippen LogP contribution < -0.4 is 0 Å². The van der Waals surface area contributed by atoms with E-state index in [0.29, 0.717) is 5.56 Å². The summed E-state index contributed by atoms with van der Waals surface area (Å²) in [6.45, 7) is 1.99. The highest BCUT2D eigenvalue weighted by atomic mass is 16.3. The van der Waals surface area contributed by atoms with Crippen LogP contribution in [0.2, 0.25) is 0 Å². The summed E-state index contributed by atoms with van der Waals surface area (Å²) >= 11 is 0. The third-order valence-corrected chi connectivity index (χ3v) is 2.24. The lowest BCUT2D eigenvalue weighted by atomic mass is 10.2. The van der Waals surface area contributed by atoms with Crippen molar-refractivity contribution >= 4 is 12.6 Å². The second kappa shape index (κ2) is 7.01. The van der Waals surface area contributed by atoms with Crippen LogP contribution in [0.5, 0.6) is 5.75 Å². The molecular weight excluding hydrogens is 228 g/mol. The maximum absolute atomic E-state index is 10.1. The van der Waals surface area contributed by atoms with E-state index in [1.807, 2.05) is 31.2 Å². The lowest BCUT2D eigenvalue weighted by Crippen LogP contribution is -1.77. The monoisotopic (exact) mass is 242 g/mol. The van der Waals surface area contributed by atoms with E-state index in [1.165, 1.54) is 17.7 Å². The number of phenolic OH excluding ortho intramolecular Hbond substituents is 1. The second-order valence-corrected chi connectivity index (χ2v) is 3.74. The molecule has 0 saturated heterocycles. The van der Waals surface area contributed by atoms with Gasteiger partial charge in [-0.1, -0.05) is 29.8 Å². The van der Waals surface area contributed by atoms with E-state index in [1.54, 1.807) is 12.1 Å². The van der Waals surface area contributed by atoms with E-state index >= 15 is 0 Å². The van der Waals surface area contributed by atoms with Gasteiger partial charge in [0.25, 0.3) is 0 Å². The first-order valence-electron chi connectivity index (χ1n) is 5.42. The summed E-state index contributed by atoms with van der Waals surface area (Å²) in [5, 5.41) is 8.74. The normalized spacial score (nSPS) is 8.94. The molecule has 0 saturated carbocycles. The lowest BCUT2D eigenvalue weighted by Gasteiger charge is -1.89. The summed E-state index contributed by atoms with van der Waals surface area (Å²) in [6, 6.07) is 13.5. The molecule has 0 atom stereocenters. The number of aryl methyl sites for hydroxylation is 1. The van der Waals surface area contributed by atoms with Crippen LogP contribution in [0.15, 0.2) is 48.5 Å². The van der Waals surface area contributed by atoms with Gasteiger partial charge in [0.05, 0.1) is 0 Å². The molecule has 0 fully saturated rings. The van der Waals surface area contributed by atoms with Crippen LogP contribution >= 0.6 is 0 Å². The SMILES string of the molecule is Cc1ccc(C=O)cc1.O=Cc1ccc(O)cc1. The van der Waals surface area contributed by atoms with Crippen LogP contribution in [0.25, 0.3) is 0 Å². The number of aromatic hydroxyl groups is 1. The Hall–Kier alpha value is -2.42. The van der Waals surface area contributed by atoms with Gasteiger partial charge < -0.3 is 5.11 Å². The van der Waals surface area contributed by atoms with Gasteiger partial charge >= 0.3 is 0 Å². The number of carbonyl (C=O) groups excluding carboxylic acids is 2. The van der Waals surface area contributed by atoms with Crippen LogP contribution in [0.3, 0.4) is 0 Å². The molecule has 2 aromatic rings. The van der Waals surface area contributed by atoms with Crippen LogP contribution in [-0.4, -0.2) is 17.7 Å². The Labute approximate surface area is 106 Å². The minimum absolute atomic E-state index is 0.181. The average Bonchev–Trinajstić information content (AvgIpc) is 2.41. The molecule has 0 heterocycles. The summed E-state index contributed by atoms with van der Waals surface area (Å²) in [5.41, 5.74) is 2.49. The molecule has 3 nitrogen and oxygen atoms in total. The molecular formula is C15H14O3. The van der Waals surface area contributed by atoms with Crippen molar-refractivity contribution in [2.24, 2.45) is 0 Å². The molecule has 18 heavy (non-hydrogen) atoms. The first-order valence-corrected chi connectivity index (χ1v) is 5.42. The number of benzene rings is 2. The maximum Gasteiger partial charge on any atom is 0.150 e. The zero-order chi connectivity index (χ0) is 13.4. The smallest absolute Gasteiger partial charge is 0.150 e. The molecule has 1 N–H and O–H groups in total. The Balaban J connectivity index is 0.000000180. The molecule has 2 aromatic carbocycles. The molecule has 0 aliphatic carbocycles. The van der Waals surface area contributed by atoms with Crippen molar-refractivity contribution in [2.45, 2.75) is 6.92 Å². The summed E-state index contributed by atoms with van der Waals surface area (Å²) in [7, 11) is 0. The predicted octanol–water partition coefficient (Wildman–Crippen LogP) is 3.01. The molecule has 0 aliphatic rings. The van der Waals surface area contributed by atoms with Gasteiger partial charge in [-0.05, 0) is 31.2 Å². The van der Waals surface area contributed by atoms with Crippen molar-refractivity contribution < 1.29 is 14.7 Å². The molecule has 3 heteroatoms. The first kappa shape index (κ1) is 13.6. The Morgan fingerprint density at radius 3 is 1.56 bits per heavy atom. The number of hydrogen-bond acceptors (Lipinski definition) is 3. The largest absolute Gasteiger partial charge is 0.508 e. The Kier molecular flexibility index (Phi) is 5.32. The van der Waals surface area contributed by atoms with Gasteiger partial charge in [-0.2, -0.15) is 0 Å². The minimum Gasteiger partial charge on any atom is -0.508 e. The number of hydrogen-bond donors (Lipinski definition) is 1. The maximum atomic E-state index is 10.1. The van der Waals surface area contributed by atoms with Gasteiger partial charge in [0.1, 0.15) is 18.3 Å². The molecule has 0 aromatic heterocycles. The van der Waals surface area contributed by atoms with Gasteiger partial charge in [0.15, 0.2) is 0 Å². The van der Waals surface area contributed by atoms with Crippen LogP contribution in [0.1, 0.15) is 26.3 Å². The van der Waals surface area contributed by atoms with Gasteiger partial charge in [-0.15, -0.1) is 0 Å². The van der Waals surface area contributed by atoms with Crippen LogP contribution in [0, 0.1) is 6.92 Å². The zero-order valence-corrected chi connectivity index (χ0v) is 10.0. The van der Waals surface area contributed by atoms with E-state index in [-0.39, 0.29) is 5.75 Å². The fraction of sp³-hybridized carbons (Fsp3) is 0.0667. The minimum atomic E-state index is 0.181. The molecule has 0 aliphatic heterocycles. The molecule has 0 spiro atoms. The van der Waals surface area contributed by atoms with Crippen molar-refractivity contribution in [1.29, 1.82) is 0 Å².